The molecule has 0 aromatic heterocycles. The van der Waals surface area contributed by atoms with Crippen LogP contribution in [0.2, 0.25) is 0 Å². The SMILES string of the molecule is c1ccc2c(CP(C34CC5CC(CC(C5)C3)C4)C34CC5CC(CC(C5)C3)C4)c(CP(C34CC5CC(CC(C5)C3)C4)C34CC5CC(CC(C5)C3)C4)ccc2c1. The first-order valence-corrected chi connectivity index (χ1v) is 27.5. The lowest BCUT2D eigenvalue weighted by atomic mass is 9.55. The first-order chi connectivity index (χ1) is 26.4. The van der Waals surface area contributed by atoms with E-state index >= 15 is 0 Å². The molecule has 0 N–H and O–H groups in total. The predicted octanol–water partition coefficient (Wildman–Crippen LogP) is 14.7. The van der Waals surface area contributed by atoms with Crippen LogP contribution >= 0.6 is 15.8 Å². The van der Waals surface area contributed by atoms with E-state index in [0.29, 0.717) is 10.3 Å². The monoisotopic (exact) mass is 756 g/mol. The van der Waals surface area contributed by atoms with E-state index in [4.69, 9.17) is 0 Å². The van der Waals surface area contributed by atoms with Gasteiger partial charge in [0, 0.05) is 0 Å². The Balaban J connectivity index is 0.921. The molecule has 2 aromatic rings. The standard InChI is InChI=1S/C52H70P2/c1-2-4-47-45(3-1)5-6-46(31-53(49-19-33-7-34(20-49)9-35(8-33)21-49)50-22-36-10-37(23-50)12-38(11-36)24-50)48(47)32-54(51-25-39-13-40(26-51)15-41(14-39)27-51)52-28-42-16-43(29-52)18-44(17-42)30-52/h1-6,33-44H,7-32H2. The summed E-state index contributed by atoms with van der Waals surface area (Å²) in [7, 11) is -0.0750. The second-order valence-corrected chi connectivity index (χ2v) is 30.8. The van der Waals surface area contributed by atoms with Crippen molar-refractivity contribution < 1.29 is 0 Å². The van der Waals surface area contributed by atoms with Crippen LogP contribution in [0.15, 0.2) is 36.4 Å². The lowest BCUT2D eigenvalue weighted by Gasteiger charge is -2.68. The molecule has 16 saturated carbocycles. The lowest BCUT2D eigenvalue weighted by molar-refractivity contribution is 0.0181. The molecule has 2 heteroatoms. The Hall–Kier alpha value is -0.440. The maximum Gasteiger partial charge on any atom is -0.00541 e. The molecule has 0 heterocycles. The van der Waals surface area contributed by atoms with Crippen molar-refractivity contribution in [2.75, 3.05) is 0 Å². The summed E-state index contributed by atoms with van der Waals surface area (Å²) in [5.41, 5.74) is 3.90. The van der Waals surface area contributed by atoms with Gasteiger partial charge >= 0.3 is 0 Å². The molecule has 0 radical (unpaired) electrons. The molecule has 16 aliphatic rings. The summed E-state index contributed by atoms with van der Waals surface area (Å²) < 4.78 is 0. The van der Waals surface area contributed by atoms with Crippen molar-refractivity contribution in [3.05, 3.63) is 47.5 Å². The third kappa shape index (κ3) is 4.93. The van der Waals surface area contributed by atoms with Gasteiger partial charge in [-0.2, -0.15) is 0 Å². The van der Waals surface area contributed by atoms with Crippen molar-refractivity contribution in [2.45, 2.75) is 187 Å². The minimum absolute atomic E-state index is 0.0286. The highest BCUT2D eigenvalue weighted by atomic mass is 31.1. The molecule has 288 valence electrons. The predicted molar refractivity (Wildman–Crippen MR) is 229 cm³/mol. The quantitative estimate of drug-likeness (QED) is 0.235. The van der Waals surface area contributed by atoms with Gasteiger partial charge in [-0.3, -0.25) is 0 Å². The normalized spacial score (nSPS) is 53.6. The Morgan fingerprint density at radius 2 is 0.648 bits per heavy atom. The van der Waals surface area contributed by atoms with E-state index in [1.165, 1.54) is 12.3 Å². The third-order valence-electron chi connectivity index (χ3n) is 21.1. The highest BCUT2D eigenvalue weighted by Crippen LogP contribution is 2.82. The molecule has 0 unspecified atom stereocenters. The highest BCUT2D eigenvalue weighted by molar-refractivity contribution is 7.61. The number of hydrogen-bond acceptors (Lipinski definition) is 0. The average molecular weight is 757 g/mol. The molecule has 0 atom stereocenters. The molecule has 0 saturated heterocycles. The van der Waals surface area contributed by atoms with Gasteiger partial charge < -0.3 is 0 Å². The van der Waals surface area contributed by atoms with E-state index in [9.17, 15) is 0 Å². The first kappa shape index (κ1) is 33.4. The van der Waals surface area contributed by atoms with Crippen LogP contribution in [0.4, 0.5) is 0 Å². The molecule has 2 aromatic carbocycles. The zero-order valence-corrected chi connectivity index (χ0v) is 35.5. The molecular formula is C52H70P2. The van der Waals surface area contributed by atoms with E-state index in [2.05, 4.69) is 36.4 Å². The van der Waals surface area contributed by atoms with Crippen molar-refractivity contribution in [1.82, 2.24) is 0 Å². The number of benzene rings is 2. The minimum Gasteiger partial charge on any atom is -0.0894 e. The van der Waals surface area contributed by atoms with Gasteiger partial charge in [-0.1, -0.05) is 52.2 Å². The summed E-state index contributed by atoms with van der Waals surface area (Å²) in [4.78, 5) is 0. The van der Waals surface area contributed by atoms with Crippen LogP contribution in [0.25, 0.3) is 10.8 Å². The van der Waals surface area contributed by atoms with Crippen LogP contribution in [0.1, 0.15) is 165 Å². The molecule has 54 heavy (non-hydrogen) atoms. The first-order valence-electron chi connectivity index (χ1n) is 24.4. The third-order valence-corrected chi connectivity index (χ3v) is 29.2. The fraction of sp³-hybridized carbons (Fsp3) is 0.808. The molecular weight excluding hydrogens is 687 g/mol. The van der Waals surface area contributed by atoms with Gasteiger partial charge in [0.15, 0.2) is 0 Å². The maximum atomic E-state index is 2.83. The van der Waals surface area contributed by atoms with Crippen LogP contribution in [0.5, 0.6) is 0 Å². The van der Waals surface area contributed by atoms with Crippen LogP contribution in [0, 0.1) is 71.0 Å². The summed E-state index contributed by atoms with van der Waals surface area (Å²) >= 11 is 0. The second kappa shape index (κ2) is 11.6. The summed E-state index contributed by atoms with van der Waals surface area (Å²) in [5.74, 6) is 13.0. The van der Waals surface area contributed by atoms with Crippen molar-refractivity contribution in [3.8, 4) is 0 Å². The number of rotatable bonds is 8. The van der Waals surface area contributed by atoms with Gasteiger partial charge in [0.2, 0.25) is 0 Å². The van der Waals surface area contributed by atoms with Gasteiger partial charge in [-0.25, -0.2) is 0 Å². The van der Waals surface area contributed by atoms with Crippen molar-refractivity contribution >= 4 is 26.6 Å². The van der Waals surface area contributed by atoms with E-state index in [0.717, 1.165) is 81.3 Å². The zero-order valence-electron chi connectivity index (χ0n) is 33.7. The molecule has 16 fully saturated rings. The Bertz CT molecular complexity index is 1620. The molecule has 18 rings (SSSR count). The fourth-order valence-corrected chi connectivity index (χ4v) is 31.7. The van der Waals surface area contributed by atoms with Gasteiger partial charge in [0.1, 0.15) is 0 Å². The summed E-state index contributed by atoms with van der Waals surface area (Å²) in [6.45, 7) is 0. The largest absolute Gasteiger partial charge is 0.0894 e. The molecule has 0 nitrogen and oxygen atoms in total. The van der Waals surface area contributed by atoms with Crippen LogP contribution in [-0.2, 0) is 12.3 Å². The summed E-state index contributed by atoms with van der Waals surface area (Å²) in [5, 5.41) is 6.19. The summed E-state index contributed by atoms with van der Waals surface area (Å²) in [6.07, 6.45) is 42.3. The number of hydrogen-bond donors (Lipinski definition) is 0. The van der Waals surface area contributed by atoms with E-state index in [-0.39, 0.29) is 15.8 Å². The topological polar surface area (TPSA) is 0 Å². The Labute approximate surface area is 330 Å². The molecule has 0 spiro atoms. The Morgan fingerprint density at radius 3 is 0.981 bits per heavy atom. The lowest BCUT2D eigenvalue weighted by Crippen LogP contribution is -2.57. The molecule has 16 aliphatic carbocycles. The molecule has 0 amide bonds. The Kier molecular flexibility index (Phi) is 7.20. The highest BCUT2D eigenvalue weighted by Gasteiger charge is 2.65. The molecule has 16 bridgehead atoms. The van der Waals surface area contributed by atoms with Crippen molar-refractivity contribution in [3.63, 3.8) is 0 Å². The van der Waals surface area contributed by atoms with Gasteiger partial charge in [0.25, 0.3) is 0 Å². The van der Waals surface area contributed by atoms with Gasteiger partial charge in [-0.15, -0.1) is 0 Å². The van der Waals surface area contributed by atoms with Gasteiger partial charge in [0.05, 0.1) is 0 Å². The smallest absolute Gasteiger partial charge is 0.00541 e. The average Bonchev–Trinajstić information content (AvgIpc) is 3.10. The zero-order chi connectivity index (χ0) is 35.0. The number of fused-ring (bicyclic) bond motifs is 1. The Morgan fingerprint density at radius 1 is 0.352 bits per heavy atom. The summed E-state index contributed by atoms with van der Waals surface area (Å²) in [6, 6.07) is 15.5. The van der Waals surface area contributed by atoms with Crippen molar-refractivity contribution in [1.29, 1.82) is 0 Å². The fourth-order valence-electron chi connectivity index (χ4n) is 21.3. The van der Waals surface area contributed by atoms with Gasteiger partial charge in [-0.05, 0) is 280 Å². The van der Waals surface area contributed by atoms with Crippen LogP contribution < -0.4 is 0 Å². The maximum absolute atomic E-state index is 2.83. The van der Waals surface area contributed by atoms with E-state index in [1.807, 2.05) is 11.1 Å². The second-order valence-electron chi connectivity index (χ2n) is 24.7. The molecule has 0 aliphatic heterocycles. The van der Waals surface area contributed by atoms with Crippen molar-refractivity contribution in [2.24, 2.45) is 71.0 Å². The van der Waals surface area contributed by atoms with E-state index < -0.39 is 0 Å². The minimum atomic E-state index is -0.0464. The van der Waals surface area contributed by atoms with Crippen LogP contribution in [0.3, 0.4) is 0 Å². The van der Waals surface area contributed by atoms with E-state index in [1.54, 1.807) is 165 Å². The van der Waals surface area contributed by atoms with Crippen LogP contribution in [-0.4, -0.2) is 20.6 Å².